The largest absolute Gasteiger partial charge is 0.503 e. The Morgan fingerprint density at radius 2 is 1.89 bits per heavy atom. The van der Waals surface area contributed by atoms with E-state index in [1.807, 2.05) is 67.6 Å². The van der Waals surface area contributed by atoms with Gasteiger partial charge >= 0.3 is 0 Å². The van der Waals surface area contributed by atoms with E-state index in [4.69, 9.17) is 25.8 Å². The summed E-state index contributed by atoms with van der Waals surface area (Å²) in [6.45, 7) is 4.27. The Labute approximate surface area is 229 Å². The number of hydrogen-bond acceptors (Lipinski definition) is 6. The molecule has 0 aromatic heterocycles. The van der Waals surface area contributed by atoms with Crippen molar-refractivity contribution >= 4 is 24.1 Å². The zero-order valence-electron chi connectivity index (χ0n) is 21.8. The van der Waals surface area contributed by atoms with Crippen molar-refractivity contribution in [3.05, 3.63) is 88.6 Å². The van der Waals surface area contributed by atoms with Crippen molar-refractivity contribution in [2.45, 2.75) is 32.3 Å². The monoisotopic (exact) mass is 538 g/mol. The van der Waals surface area contributed by atoms with Crippen molar-refractivity contribution < 1.29 is 24.1 Å². The Kier molecular flexibility index (Phi) is 11.8. The van der Waals surface area contributed by atoms with Gasteiger partial charge in [-0.15, -0.1) is 0 Å². The fourth-order valence-corrected chi connectivity index (χ4v) is 4.16. The minimum Gasteiger partial charge on any atom is -0.503 e. The van der Waals surface area contributed by atoms with Gasteiger partial charge in [-0.1, -0.05) is 48.0 Å². The smallest absolute Gasteiger partial charge is 0.211 e. The number of nitrogens with one attached hydrogen (secondary N) is 2. The highest BCUT2D eigenvalue weighted by Crippen LogP contribution is 2.36. The molecule has 1 saturated heterocycles. The summed E-state index contributed by atoms with van der Waals surface area (Å²) in [6, 6.07) is 11.2. The summed E-state index contributed by atoms with van der Waals surface area (Å²) < 4.78 is 16.9. The van der Waals surface area contributed by atoms with Crippen LogP contribution in [-0.4, -0.2) is 44.4 Å². The average molecular weight is 539 g/mol. The van der Waals surface area contributed by atoms with Gasteiger partial charge in [-0.2, -0.15) is 0 Å². The van der Waals surface area contributed by atoms with E-state index >= 15 is 0 Å². The van der Waals surface area contributed by atoms with Gasteiger partial charge in [0.05, 0.1) is 12.1 Å². The van der Waals surface area contributed by atoms with Crippen LogP contribution < -0.4 is 24.8 Å². The SMILES string of the molecule is C/C=C/c1ccc(OC)c(O)c1Cl.O=CNC1=C(COc2cccc(OC3CCNCC3)c2)C=CCC=C1. The lowest BCUT2D eigenvalue weighted by atomic mass is 10.1. The molecule has 1 amide bonds. The third-order valence-corrected chi connectivity index (χ3v) is 6.30. The van der Waals surface area contributed by atoms with Crippen LogP contribution in [-0.2, 0) is 4.79 Å². The Morgan fingerprint density at radius 1 is 1.13 bits per heavy atom. The van der Waals surface area contributed by atoms with Gasteiger partial charge in [-0.25, -0.2) is 0 Å². The van der Waals surface area contributed by atoms with Crippen molar-refractivity contribution in [3.63, 3.8) is 0 Å². The minimum atomic E-state index is -0.0141. The van der Waals surface area contributed by atoms with Crippen LogP contribution in [0.15, 0.2) is 78.0 Å². The highest BCUT2D eigenvalue weighted by molar-refractivity contribution is 6.33. The molecular weight excluding hydrogens is 504 g/mol. The molecule has 0 spiro atoms. The molecule has 38 heavy (non-hydrogen) atoms. The fourth-order valence-electron chi connectivity index (χ4n) is 3.94. The lowest BCUT2D eigenvalue weighted by molar-refractivity contribution is -0.108. The van der Waals surface area contributed by atoms with Crippen LogP contribution in [0, 0.1) is 0 Å². The van der Waals surface area contributed by atoms with Crippen LogP contribution >= 0.6 is 11.6 Å². The standard InChI is InChI=1S/C20H24N2O3.C10H11ClO2/c23-15-22-20-8-3-1-2-5-16(20)14-24-18-6-4-7-19(13-18)25-17-9-11-21-12-10-17;1-3-4-7-5-6-8(13-2)10(12)9(7)11/h2-8,13,15,17,21H,1,9-12,14H2,(H,22,23);3-6,12H,1-2H3/b;4-3+. The number of rotatable bonds is 9. The van der Waals surface area contributed by atoms with Gasteiger partial charge in [0.15, 0.2) is 11.5 Å². The number of carbonyl (C=O) groups is 1. The zero-order valence-corrected chi connectivity index (χ0v) is 22.5. The normalized spacial score (nSPS) is 15.4. The predicted molar refractivity (Wildman–Crippen MR) is 152 cm³/mol. The van der Waals surface area contributed by atoms with Gasteiger partial charge in [-0.3, -0.25) is 4.79 Å². The van der Waals surface area contributed by atoms with Gasteiger partial charge in [0.2, 0.25) is 6.41 Å². The van der Waals surface area contributed by atoms with Gasteiger partial charge in [-0.05, 0) is 75.2 Å². The van der Waals surface area contributed by atoms with E-state index in [1.54, 1.807) is 12.1 Å². The van der Waals surface area contributed by atoms with E-state index in [0.29, 0.717) is 23.8 Å². The molecule has 0 saturated carbocycles. The molecule has 8 heteroatoms. The Morgan fingerprint density at radius 3 is 2.63 bits per heavy atom. The van der Waals surface area contributed by atoms with Crippen LogP contribution in [0.3, 0.4) is 0 Å². The maximum Gasteiger partial charge on any atom is 0.211 e. The molecule has 3 N–H and O–H groups in total. The van der Waals surface area contributed by atoms with Crippen molar-refractivity contribution in [3.8, 4) is 23.0 Å². The lowest BCUT2D eigenvalue weighted by Crippen LogP contribution is -2.34. The van der Waals surface area contributed by atoms with Crippen molar-refractivity contribution in [1.82, 2.24) is 10.6 Å². The molecule has 0 atom stereocenters. The molecule has 0 bridgehead atoms. The molecule has 1 fully saturated rings. The van der Waals surface area contributed by atoms with Crippen molar-refractivity contribution in [2.75, 3.05) is 26.8 Å². The molecule has 2 aliphatic rings. The van der Waals surface area contributed by atoms with Crippen molar-refractivity contribution in [2.24, 2.45) is 0 Å². The summed E-state index contributed by atoms with van der Waals surface area (Å²) in [5.41, 5.74) is 2.49. The van der Waals surface area contributed by atoms with E-state index in [2.05, 4.69) is 10.6 Å². The maximum absolute atomic E-state index is 10.8. The molecular formula is C30H35ClN2O5. The predicted octanol–water partition coefficient (Wildman–Crippen LogP) is 5.80. The highest BCUT2D eigenvalue weighted by atomic mass is 35.5. The Bertz CT molecular complexity index is 1180. The number of methoxy groups -OCH3 is 1. The summed E-state index contributed by atoms with van der Waals surface area (Å²) in [4.78, 5) is 10.8. The van der Waals surface area contributed by atoms with Gasteiger partial charge in [0.25, 0.3) is 0 Å². The number of hydrogen-bond donors (Lipinski definition) is 3. The molecule has 2 aromatic rings. The van der Waals surface area contributed by atoms with E-state index in [0.717, 1.165) is 60.7 Å². The van der Waals surface area contributed by atoms with E-state index in [9.17, 15) is 9.90 Å². The van der Waals surface area contributed by atoms with Gasteiger partial charge in [0.1, 0.15) is 24.2 Å². The van der Waals surface area contributed by atoms with Crippen LogP contribution in [0.25, 0.3) is 6.08 Å². The summed E-state index contributed by atoms with van der Waals surface area (Å²) in [6.07, 6.45) is 15.5. The van der Waals surface area contributed by atoms with E-state index in [1.165, 1.54) is 7.11 Å². The van der Waals surface area contributed by atoms with Gasteiger partial charge < -0.3 is 30.0 Å². The number of aromatic hydroxyl groups is 1. The molecule has 2 aromatic carbocycles. The topological polar surface area (TPSA) is 89.1 Å². The van der Waals surface area contributed by atoms with Crippen molar-refractivity contribution in [1.29, 1.82) is 0 Å². The third kappa shape index (κ3) is 8.71. The van der Waals surface area contributed by atoms with Crippen LogP contribution in [0.2, 0.25) is 5.02 Å². The third-order valence-electron chi connectivity index (χ3n) is 5.90. The van der Waals surface area contributed by atoms with E-state index < -0.39 is 0 Å². The number of carbonyl (C=O) groups excluding carboxylic acids is 1. The number of phenols is 1. The number of ether oxygens (including phenoxy) is 3. The second-order valence-electron chi connectivity index (χ2n) is 8.59. The highest BCUT2D eigenvalue weighted by Gasteiger charge is 2.15. The molecule has 4 rings (SSSR count). The molecule has 0 unspecified atom stereocenters. The van der Waals surface area contributed by atoms with Crippen LogP contribution in [0.1, 0.15) is 31.7 Å². The summed E-state index contributed by atoms with van der Waals surface area (Å²) in [7, 11) is 1.49. The first-order valence-electron chi connectivity index (χ1n) is 12.6. The quantitative estimate of drug-likeness (QED) is 0.350. The summed E-state index contributed by atoms with van der Waals surface area (Å²) >= 11 is 5.87. The second kappa shape index (κ2) is 15.5. The average Bonchev–Trinajstić information content (AvgIpc) is 3.17. The van der Waals surface area contributed by atoms with Gasteiger partial charge in [0, 0.05) is 17.3 Å². The van der Waals surface area contributed by atoms with Crippen LogP contribution in [0.5, 0.6) is 23.0 Å². The number of amides is 1. The minimum absolute atomic E-state index is 0.0141. The number of benzene rings is 2. The molecule has 1 aliphatic heterocycles. The number of piperidine rings is 1. The molecule has 0 radical (unpaired) electrons. The molecule has 1 aliphatic carbocycles. The molecule has 202 valence electrons. The molecule has 1 heterocycles. The molecule has 7 nitrogen and oxygen atoms in total. The first-order valence-corrected chi connectivity index (χ1v) is 13.0. The Balaban J connectivity index is 0.000000260. The number of halogens is 1. The fraction of sp³-hybridized carbons (Fsp3) is 0.300. The number of phenolic OH excluding ortho intramolecular Hbond substituents is 1. The first-order chi connectivity index (χ1) is 18.5. The zero-order chi connectivity index (χ0) is 27.2. The van der Waals surface area contributed by atoms with Crippen LogP contribution in [0.4, 0.5) is 0 Å². The summed E-state index contributed by atoms with van der Waals surface area (Å²) in [5, 5.41) is 15.9. The second-order valence-corrected chi connectivity index (χ2v) is 8.97. The van der Waals surface area contributed by atoms with E-state index in [-0.39, 0.29) is 11.9 Å². The lowest BCUT2D eigenvalue weighted by Gasteiger charge is -2.24. The first kappa shape index (κ1) is 28.9. The number of allylic oxidation sites excluding steroid dienone is 4. The maximum atomic E-state index is 10.8. The summed E-state index contributed by atoms with van der Waals surface area (Å²) in [5.74, 6) is 1.96. The Hall–Kier alpha value is -3.68.